The lowest BCUT2D eigenvalue weighted by Crippen LogP contribution is -2.29. The Labute approximate surface area is 119 Å². The van der Waals surface area contributed by atoms with Crippen LogP contribution < -0.4 is 4.72 Å². The summed E-state index contributed by atoms with van der Waals surface area (Å²) >= 11 is 0. The average Bonchev–Trinajstić information content (AvgIpc) is 2.83. The fraction of sp³-hybridized carbons (Fsp3) is 0.357. The molecular formula is C14H18N2O3S. The molecule has 1 N–H and O–H groups in total. The van der Waals surface area contributed by atoms with E-state index in [4.69, 9.17) is 4.52 Å². The van der Waals surface area contributed by atoms with Gasteiger partial charge in [0.15, 0.2) is 0 Å². The van der Waals surface area contributed by atoms with Gasteiger partial charge in [0.2, 0.25) is 10.0 Å². The van der Waals surface area contributed by atoms with Crippen LogP contribution in [0, 0.1) is 6.92 Å². The summed E-state index contributed by atoms with van der Waals surface area (Å²) in [5, 5.41) is 3.82. The van der Waals surface area contributed by atoms with Crippen molar-refractivity contribution in [1.29, 1.82) is 0 Å². The van der Waals surface area contributed by atoms with Gasteiger partial charge < -0.3 is 4.52 Å². The standard InChI is InChI=1S/C14H18N2O3S/c1-12-11-14(16-19-12)7-9-15-20(17,18)10-8-13-5-3-2-4-6-13/h2-6,11,15H,7-10H2,1H3. The Morgan fingerprint density at radius 2 is 1.95 bits per heavy atom. The number of benzene rings is 1. The SMILES string of the molecule is Cc1cc(CCNS(=O)(=O)CCc2ccccc2)no1. The lowest BCUT2D eigenvalue weighted by atomic mass is 10.2. The molecule has 0 fully saturated rings. The highest BCUT2D eigenvalue weighted by molar-refractivity contribution is 7.89. The largest absolute Gasteiger partial charge is 0.361 e. The quantitative estimate of drug-likeness (QED) is 0.843. The Kier molecular flexibility index (Phi) is 4.92. The van der Waals surface area contributed by atoms with Gasteiger partial charge in [0.1, 0.15) is 5.76 Å². The molecule has 1 aromatic heterocycles. The number of aromatic nitrogens is 1. The summed E-state index contributed by atoms with van der Waals surface area (Å²) in [5.41, 5.74) is 1.78. The van der Waals surface area contributed by atoms with Crippen molar-refractivity contribution in [2.45, 2.75) is 19.8 Å². The first-order valence-corrected chi connectivity index (χ1v) is 8.14. The van der Waals surface area contributed by atoms with Crippen LogP contribution in [0.2, 0.25) is 0 Å². The number of nitrogens with zero attached hydrogens (tertiary/aromatic N) is 1. The molecule has 0 atom stereocenters. The van der Waals surface area contributed by atoms with Crippen molar-refractivity contribution in [2.24, 2.45) is 0 Å². The zero-order valence-corrected chi connectivity index (χ0v) is 12.2. The van der Waals surface area contributed by atoms with Crippen LogP contribution in [-0.2, 0) is 22.9 Å². The zero-order valence-electron chi connectivity index (χ0n) is 11.4. The van der Waals surface area contributed by atoms with Gasteiger partial charge in [0.25, 0.3) is 0 Å². The Balaban J connectivity index is 1.76. The minimum atomic E-state index is -3.25. The molecule has 0 aliphatic rings. The highest BCUT2D eigenvalue weighted by atomic mass is 32.2. The normalized spacial score (nSPS) is 11.7. The molecule has 1 heterocycles. The lowest BCUT2D eigenvalue weighted by molar-refractivity contribution is 0.390. The highest BCUT2D eigenvalue weighted by Gasteiger charge is 2.10. The van der Waals surface area contributed by atoms with E-state index in [9.17, 15) is 8.42 Å². The van der Waals surface area contributed by atoms with Crippen LogP contribution in [0.4, 0.5) is 0 Å². The summed E-state index contributed by atoms with van der Waals surface area (Å²) in [6, 6.07) is 11.4. The van der Waals surface area contributed by atoms with Crippen LogP contribution in [0.1, 0.15) is 17.0 Å². The molecule has 2 aromatic rings. The van der Waals surface area contributed by atoms with E-state index in [2.05, 4.69) is 9.88 Å². The maximum absolute atomic E-state index is 11.8. The van der Waals surface area contributed by atoms with Gasteiger partial charge in [-0.3, -0.25) is 0 Å². The van der Waals surface area contributed by atoms with Crippen molar-refractivity contribution in [3.63, 3.8) is 0 Å². The number of hydrogen-bond acceptors (Lipinski definition) is 4. The number of hydrogen-bond donors (Lipinski definition) is 1. The summed E-state index contributed by atoms with van der Waals surface area (Å²) < 4.78 is 31.2. The third-order valence-corrected chi connectivity index (χ3v) is 4.27. The van der Waals surface area contributed by atoms with Crippen molar-refractivity contribution in [2.75, 3.05) is 12.3 Å². The van der Waals surface area contributed by atoms with Gasteiger partial charge in [-0.15, -0.1) is 0 Å². The van der Waals surface area contributed by atoms with Crippen LogP contribution in [0.25, 0.3) is 0 Å². The second-order valence-electron chi connectivity index (χ2n) is 4.63. The number of aryl methyl sites for hydroxylation is 2. The Morgan fingerprint density at radius 1 is 1.20 bits per heavy atom. The fourth-order valence-corrected chi connectivity index (χ4v) is 2.90. The molecule has 2 rings (SSSR count). The third-order valence-electron chi connectivity index (χ3n) is 2.88. The van der Waals surface area contributed by atoms with E-state index in [1.54, 1.807) is 13.0 Å². The average molecular weight is 294 g/mol. The first-order valence-electron chi connectivity index (χ1n) is 6.49. The molecule has 0 aliphatic heterocycles. The monoisotopic (exact) mass is 294 g/mol. The van der Waals surface area contributed by atoms with Crippen LogP contribution >= 0.6 is 0 Å². The molecule has 0 spiro atoms. The molecule has 108 valence electrons. The second kappa shape index (κ2) is 6.67. The minimum Gasteiger partial charge on any atom is -0.361 e. The second-order valence-corrected chi connectivity index (χ2v) is 6.55. The van der Waals surface area contributed by atoms with E-state index in [-0.39, 0.29) is 5.75 Å². The first kappa shape index (κ1) is 14.7. The van der Waals surface area contributed by atoms with Gasteiger partial charge >= 0.3 is 0 Å². The van der Waals surface area contributed by atoms with Crippen molar-refractivity contribution in [3.05, 3.63) is 53.4 Å². The smallest absolute Gasteiger partial charge is 0.211 e. The molecule has 0 unspecified atom stereocenters. The van der Waals surface area contributed by atoms with E-state index in [1.807, 2.05) is 30.3 Å². The van der Waals surface area contributed by atoms with Gasteiger partial charge in [0, 0.05) is 19.0 Å². The Hall–Kier alpha value is -1.66. The van der Waals surface area contributed by atoms with Gasteiger partial charge in [-0.2, -0.15) is 0 Å². The molecule has 0 radical (unpaired) electrons. The topological polar surface area (TPSA) is 72.2 Å². The summed E-state index contributed by atoms with van der Waals surface area (Å²) in [6.45, 7) is 2.14. The van der Waals surface area contributed by atoms with E-state index >= 15 is 0 Å². The summed E-state index contributed by atoms with van der Waals surface area (Å²) in [6.07, 6.45) is 1.04. The molecule has 6 heteroatoms. The first-order chi connectivity index (χ1) is 9.55. The van der Waals surface area contributed by atoms with Crippen molar-refractivity contribution in [3.8, 4) is 0 Å². The molecule has 0 amide bonds. The number of sulfonamides is 1. The fourth-order valence-electron chi connectivity index (χ4n) is 1.84. The van der Waals surface area contributed by atoms with Gasteiger partial charge in [-0.05, 0) is 18.9 Å². The maximum atomic E-state index is 11.8. The third kappa shape index (κ3) is 4.79. The van der Waals surface area contributed by atoms with Gasteiger partial charge in [0.05, 0.1) is 11.4 Å². The highest BCUT2D eigenvalue weighted by Crippen LogP contribution is 2.03. The summed E-state index contributed by atoms with van der Waals surface area (Å²) in [7, 11) is -3.25. The molecule has 5 nitrogen and oxygen atoms in total. The van der Waals surface area contributed by atoms with Crippen molar-refractivity contribution in [1.82, 2.24) is 9.88 Å². The van der Waals surface area contributed by atoms with E-state index in [0.717, 1.165) is 17.0 Å². The summed E-state index contributed by atoms with van der Waals surface area (Å²) in [5.74, 6) is 0.821. The zero-order chi connectivity index (χ0) is 14.4. The minimum absolute atomic E-state index is 0.0921. The molecule has 1 aromatic carbocycles. The molecule has 0 bridgehead atoms. The van der Waals surface area contributed by atoms with Gasteiger partial charge in [-0.1, -0.05) is 35.5 Å². The van der Waals surface area contributed by atoms with E-state index in [1.165, 1.54) is 0 Å². The van der Waals surface area contributed by atoms with Gasteiger partial charge in [-0.25, -0.2) is 13.1 Å². The molecule has 0 saturated carbocycles. The van der Waals surface area contributed by atoms with Crippen LogP contribution in [0.3, 0.4) is 0 Å². The Bertz CT molecular complexity index is 635. The molecule has 0 saturated heterocycles. The van der Waals surface area contributed by atoms with Crippen LogP contribution in [0.15, 0.2) is 40.9 Å². The maximum Gasteiger partial charge on any atom is 0.211 e. The number of nitrogens with one attached hydrogen (secondary N) is 1. The van der Waals surface area contributed by atoms with Crippen molar-refractivity contribution >= 4 is 10.0 Å². The van der Waals surface area contributed by atoms with Crippen LogP contribution in [0.5, 0.6) is 0 Å². The molecule has 0 aliphatic carbocycles. The molecule has 20 heavy (non-hydrogen) atoms. The van der Waals surface area contributed by atoms with E-state index in [0.29, 0.717) is 19.4 Å². The van der Waals surface area contributed by atoms with E-state index < -0.39 is 10.0 Å². The van der Waals surface area contributed by atoms with Crippen molar-refractivity contribution < 1.29 is 12.9 Å². The molecular weight excluding hydrogens is 276 g/mol. The lowest BCUT2D eigenvalue weighted by Gasteiger charge is -2.05. The summed E-state index contributed by atoms with van der Waals surface area (Å²) in [4.78, 5) is 0. The predicted molar refractivity (Wildman–Crippen MR) is 76.9 cm³/mol. The number of rotatable bonds is 7. The van der Waals surface area contributed by atoms with Crippen LogP contribution in [-0.4, -0.2) is 25.9 Å². The predicted octanol–water partition coefficient (Wildman–Crippen LogP) is 1.69. The Morgan fingerprint density at radius 3 is 2.60 bits per heavy atom.